The van der Waals surface area contributed by atoms with Crippen LogP contribution in [0.25, 0.3) is 0 Å². The number of nitrogens with one attached hydrogen (secondary N) is 1. The number of amides is 2. The monoisotopic (exact) mass is 428 g/mol. The number of nitrogens with zero attached hydrogens (tertiary/aromatic N) is 3. The van der Waals surface area contributed by atoms with Crippen molar-refractivity contribution in [2.45, 2.75) is 65.1 Å². The summed E-state index contributed by atoms with van der Waals surface area (Å²) in [6.07, 6.45) is 3.56. The zero-order chi connectivity index (χ0) is 19.3. The molecule has 0 aliphatic carbocycles. The predicted molar refractivity (Wildman–Crippen MR) is 103 cm³/mol. The molecule has 0 aromatic carbocycles. The number of halogens is 1. The Labute approximate surface area is 163 Å². The zero-order valence-corrected chi connectivity index (χ0v) is 17.6. The number of rotatable bonds is 5. The zero-order valence-electron chi connectivity index (χ0n) is 16.0. The second kappa shape index (κ2) is 8.88. The minimum atomic E-state index is -0.630. The summed E-state index contributed by atoms with van der Waals surface area (Å²) in [6.45, 7) is 9.59. The fourth-order valence-corrected chi connectivity index (χ4v) is 3.28. The largest absolute Gasteiger partial charge is 0.444 e. The first-order valence-electron chi connectivity index (χ1n) is 9.11. The summed E-state index contributed by atoms with van der Waals surface area (Å²) in [5.41, 5.74) is -0.608. The van der Waals surface area contributed by atoms with Gasteiger partial charge in [-0.15, -0.1) is 0 Å². The number of aromatic nitrogens is 2. The Morgan fingerprint density at radius 2 is 2.04 bits per heavy atom. The SMILES string of the molecule is CC1CCN(C(=O)C(CCn2nccc2Br)NC(=O)OC(C)(C)C)CC1. The smallest absolute Gasteiger partial charge is 0.408 e. The van der Waals surface area contributed by atoms with Crippen LogP contribution in [0, 0.1) is 5.92 Å². The van der Waals surface area contributed by atoms with E-state index in [1.807, 2.05) is 11.0 Å². The number of alkyl carbamates (subject to hydrolysis) is 1. The topological polar surface area (TPSA) is 76.5 Å². The molecule has 8 heteroatoms. The number of likely N-dealkylation sites (tertiary alicyclic amines) is 1. The van der Waals surface area contributed by atoms with Gasteiger partial charge in [0, 0.05) is 19.6 Å². The summed E-state index contributed by atoms with van der Waals surface area (Å²) in [4.78, 5) is 27.0. The molecule has 1 unspecified atom stereocenters. The molecule has 2 heterocycles. The van der Waals surface area contributed by atoms with Gasteiger partial charge in [0.05, 0.1) is 6.20 Å². The van der Waals surface area contributed by atoms with E-state index in [1.165, 1.54) is 0 Å². The molecule has 0 saturated carbocycles. The highest BCUT2D eigenvalue weighted by Crippen LogP contribution is 2.18. The van der Waals surface area contributed by atoms with Crippen molar-refractivity contribution in [3.63, 3.8) is 0 Å². The van der Waals surface area contributed by atoms with E-state index in [9.17, 15) is 9.59 Å². The first-order chi connectivity index (χ1) is 12.2. The van der Waals surface area contributed by atoms with Crippen LogP contribution in [0.2, 0.25) is 0 Å². The third-order valence-electron chi connectivity index (χ3n) is 4.38. The molecular formula is C18H29BrN4O3. The van der Waals surface area contributed by atoms with Gasteiger partial charge in [-0.3, -0.25) is 9.48 Å². The van der Waals surface area contributed by atoms with Crippen molar-refractivity contribution in [3.8, 4) is 0 Å². The van der Waals surface area contributed by atoms with E-state index < -0.39 is 17.7 Å². The highest BCUT2D eigenvalue weighted by Gasteiger charge is 2.30. The Kier molecular flexibility index (Phi) is 7.08. The normalized spacial score (nSPS) is 17.0. The molecule has 1 aromatic rings. The molecule has 0 bridgehead atoms. The molecule has 2 rings (SSSR count). The van der Waals surface area contributed by atoms with Crippen LogP contribution in [-0.4, -0.2) is 51.4 Å². The first-order valence-corrected chi connectivity index (χ1v) is 9.90. The number of piperidine rings is 1. The van der Waals surface area contributed by atoms with Crippen LogP contribution in [0.1, 0.15) is 47.0 Å². The fraction of sp³-hybridized carbons (Fsp3) is 0.722. The summed E-state index contributed by atoms with van der Waals surface area (Å²) in [5.74, 6) is 0.586. The lowest BCUT2D eigenvalue weighted by Gasteiger charge is -2.33. The molecule has 1 atom stereocenters. The van der Waals surface area contributed by atoms with E-state index in [2.05, 4.69) is 33.3 Å². The summed E-state index contributed by atoms with van der Waals surface area (Å²) in [5, 5.41) is 6.96. The standard InChI is InChI=1S/C18H29BrN4O3/c1-13-6-10-22(11-7-13)16(24)14(21-17(25)26-18(2,3)4)8-12-23-15(19)5-9-20-23/h5,9,13-14H,6-8,10-12H2,1-4H3,(H,21,25). The van der Waals surface area contributed by atoms with E-state index in [4.69, 9.17) is 4.74 Å². The number of aryl methyl sites for hydroxylation is 1. The maximum Gasteiger partial charge on any atom is 0.408 e. The van der Waals surface area contributed by atoms with Crippen LogP contribution in [0.3, 0.4) is 0 Å². The van der Waals surface area contributed by atoms with Crippen LogP contribution < -0.4 is 5.32 Å². The Bertz CT molecular complexity index is 618. The van der Waals surface area contributed by atoms with E-state index in [0.29, 0.717) is 18.9 Å². The van der Waals surface area contributed by atoms with Gasteiger partial charge in [0.25, 0.3) is 0 Å². The lowest BCUT2D eigenvalue weighted by Crippen LogP contribution is -2.51. The second-order valence-corrected chi connectivity index (χ2v) is 8.68. The van der Waals surface area contributed by atoms with Crippen molar-refractivity contribution in [2.75, 3.05) is 13.1 Å². The molecule has 0 radical (unpaired) electrons. The Morgan fingerprint density at radius 3 is 2.58 bits per heavy atom. The first kappa shape index (κ1) is 20.7. The maximum atomic E-state index is 13.0. The fourth-order valence-electron chi connectivity index (χ4n) is 2.89. The number of hydrogen-bond acceptors (Lipinski definition) is 4. The van der Waals surface area contributed by atoms with E-state index >= 15 is 0 Å². The van der Waals surface area contributed by atoms with Gasteiger partial charge in [0.15, 0.2) is 0 Å². The molecule has 1 fully saturated rings. The van der Waals surface area contributed by atoms with Gasteiger partial charge in [0.1, 0.15) is 16.2 Å². The van der Waals surface area contributed by atoms with Gasteiger partial charge < -0.3 is 15.0 Å². The van der Waals surface area contributed by atoms with Gasteiger partial charge in [-0.05, 0) is 67.9 Å². The summed E-state index contributed by atoms with van der Waals surface area (Å²) >= 11 is 3.42. The number of carbonyl (C=O) groups excluding carboxylic acids is 2. The molecule has 1 aliphatic rings. The summed E-state index contributed by atoms with van der Waals surface area (Å²) in [6, 6.07) is 1.21. The lowest BCUT2D eigenvalue weighted by atomic mass is 9.98. The molecule has 1 aliphatic heterocycles. The Balaban J connectivity index is 2.03. The van der Waals surface area contributed by atoms with Crippen molar-refractivity contribution in [2.24, 2.45) is 5.92 Å². The summed E-state index contributed by atoms with van der Waals surface area (Å²) in [7, 11) is 0. The third-order valence-corrected chi connectivity index (χ3v) is 5.05. The minimum absolute atomic E-state index is 0.0500. The van der Waals surface area contributed by atoms with Crippen molar-refractivity contribution >= 4 is 27.9 Å². The van der Waals surface area contributed by atoms with Crippen LogP contribution in [0.15, 0.2) is 16.9 Å². The van der Waals surface area contributed by atoms with Gasteiger partial charge in [-0.1, -0.05) is 6.92 Å². The molecule has 26 heavy (non-hydrogen) atoms. The molecular weight excluding hydrogens is 400 g/mol. The molecule has 2 amide bonds. The number of hydrogen-bond donors (Lipinski definition) is 1. The maximum absolute atomic E-state index is 13.0. The number of carbonyl (C=O) groups is 2. The highest BCUT2D eigenvalue weighted by atomic mass is 79.9. The quantitative estimate of drug-likeness (QED) is 0.780. The van der Waals surface area contributed by atoms with Gasteiger partial charge in [0.2, 0.25) is 5.91 Å². The average Bonchev–Trinajstić information content (AvgIpc) is 2.95. The van der Waals surface area contributed by atoms with Gasteiger partial charge in [-0.2, -0.15) is 5.10 Å². The van der Waals surface area contributed by atoms with Crippen LogP contribution in [0.5, 0.6) is 0 Å². The Morgan fingerprint density at radius 1 is 1.38 bits per heavy atom. The van der Waals surface area contributed by atoms with E-state index in [-0.39, 0.29) is 5.91 Å². The van der Waals surface area contributed by atoms with Crippen molar-refractivity contribution < 1.29 is 14.3 Å². The van der Waals surface area contributed by atoms with E-state index in [1.54, 1.807) is 31.6 Å². The molecule has 146 valence electrons. The molecule has 1 aromatic heterocycles. The lowest BCUT2D eigenvalue weighted by molar-refractivity contribution is -0.135. The van der Waals surface area contributed by atoms with Crippen LogP contribution in [0.4, 0.5) is 4.79 Å². The number of ether oxygens (including phenoxy) is 1. The average molecular weight is 429 g/mol. The second-order valence-electron chi connectivity index (χ2n) is 7.87. The van der Waals surface area contributed by atoms with Crippen molar-refractivity contribution in [1.82, 2.24) is 20.0 Å². The minimum Gasteiger partial charge on any atom is -0.444 e. The van der Waals surface area contributed by atoms with Crippen LogP contribution in [-0.2, 0) is 16.1 Å². The third kappa shape index (κ3) is 6.30. The molecule has 7 nitrogen and oxygen atoms in total. The molecule has 1 N–H and O–H groups in total. The molecule has 1 saturated heterocycles. The van der Waals surface area contributed by atoms with E-state index in [0.717, 1.165) is 30.5 Å². The molecule has 0 spiro atoms. The van der Waals surface area contributed by atoms with Gasteiger partial charge >= 0.3 is 6.09 Å². The summed E-state index contributed by atoms with van der Waals surface area (Å²) < 4.78 is 7.93. The predicted octanol–water partition coefficient (Wildman–Crippen LogP) is 3.19. The van der Waals surface area contributed by atoms with Crippen molar-refractivity contribution in [3.05, 3.63) is 16.9 Å². The van der Waals surface area contributed by atoms with Crippen molar-refractivity contribution in [1.29, 1.82) is 0 Å². The highest BCUT2D eigenvalue weighted by molar-refractivity contribution is 9.10. The van der Waals surface area contributed by atoms with Gasteiger partial charge in [-0.25, -0.2) is 4.79 Å². The Hall–Kier alpha value is -1.57. The van der Waals surface area contributed by atoms with Crippen LogP contribution >= 0.6 is 15.9 Å².